The van der Waals surface area contributed by atoms with Crippen LogP contribution in [-0.2, 0) is 10.2 Å². The van der Waals surface area contributed by atoms with E-state index in [1.807, 2.05) is 24.3 Å². The molecule has 2 aromatic rings. The molecule has 2 aromatic carbocycles. The standard InChI is InChI=1S/C22H25ClN2O2S/c1-15-13-17(4-6-20(15)28-2)27-12-11-25-9-7-22(8-10-25)18-14-16(23)3-5-19(18)24-21(22)26/h3-6,13-14H,7-12H2,1-2H3,(H,24,26). The minimum absolute atomic E-state index is 0.116. The van der Waals surface area contributed by atoms with Crippen LogP contribution < -0.4 is 10.1 Å². The third-order valence-electron chi connectivity index (χ3n) is 5.93. The number of hydrogen-bond donors (Lipinski definition) is 1. The van der Waals surface area contributed by atoms with Gasteiger partial charge < -0.3 is 10.1 Å². The Kier molecular flexibility index (Phi) is 5.59. The zero-order chi connectivity index (χ0) is 19.7. The molecular formula is C22H25ClN2O2S. The molecule has 6 heteroatoms. The normalized spacial score (nSPS) is 18.2. The molecule has 1 N–H and O–H groups in total. The minimum atomic E-state index is -0.428. The average molecular weight is 417 g/mol. The monoisotopic (exact) mass is 416 g/mol. The quantitative estimate of drug-likeness (QED) is 0.715. The third-order valence-corrected chi connectivity index (χ3v) is 7.07. The number of benzene rings is 2. The predicted octanol–water partition coefficient (Wildman–Crippen LogP) is 4.74. The van der Waals surface area contributed by atoms with E-state index in [0.717, 1.165) is 49.5 Å². The Bertz CT molecular complexity index is 894. The van der Waals surface area contributed by atoms with Crippen LogP contribution in [0.4, 0.5) is 5.69 Å². The van der Waals surface area contributed by atoms with Crippen molar-refractivity contribution >= 4 is 35.0 Å². The SMILES string of the molecule is CSc1ccc(OCCN2CCC3(CC2)C(=O)Nc2ccc(Cl)cc23)cc1C. The molecule has 0 unspecified atom stereocenters. The van der Waals surface area contributed by atoms with Crippen LogP contribution in [0.5, 0.6) is 5.75 Å². The third kappa shape index (κ3) is 3.63. The van der Waals surface area contributed by atoms with Gasteiger partial charge in [-0.1, -0.05) is 11.6 Å². The number of likely N-dealkylation sites (tertiary alicyclic amines) is 1. The fourth-order valence-corrected chi connectivity index (χ4v) is 5.03. The maximum Gasteiger partial charge on any atom is 0.235 e. The highest BCUT2D eigenvalue weighted by Gasteiger charge is 2.48. The van der Waals surface area contributed by atoms with Crippen molar-refractivity contribution in [2.45, 2.75) is 30.1 Å². The minimum Gasteiger partial charge on any atom is -0.492 e. The Balaban J connectivity index is 1.33. The van der Waals surface area contributed by atoms with Crippen LogP contribution in [0.25, 0.3) is 0 Å². The molecule has 1 fully saturated rings. The van der Waals surface area contributed by atoms with Gasteiger partial charge in [-0.15, -0.1) is 11.8 Å². The second kappa shape index (κ2) is 7.97. The highest BCUT2D eigenvalue weighted by molar-refractivity contribution is 7.98. The molecule has 0 aromatic heterocycles. The number of rotatable bonds is 5. The van der Waals surface area contributed by atoms with Crippen molar-refractivity contribution < 1.29 is 9.53 Å². The number of halogens is 1. The van der Waals surface area contributed by atoms with Gasteiger partial charge in [0.15, 0.2) is 0 Å². The Morgan fingerprint density at radius 3 is 2.71 bits per heavy atom. The van der Waals surface area contributed by atoms with Crippen molar-refractivity contribution in [3.05, 3.63) is 52.5 Å². The summed E-state index contributed by atoms with van der Waals surface area (Å²) in [6.45, 7) is 5.39. The summed E-state index contributed by atoms with van der Waals surface area (Å²) in [6.07, 6.45) is 3.71. The van der Waals surface area contributed by atoms with Gasteiger partial charge in [-0.2, -0.15) is 0 Å². The van der Waals surface area contributed by atoms with Crippen molar-refractivity contribution in [2.75, 3.05) is 37.8 Å². The van der Waals surface area contributed by atoms with Gasteiger partial charge in [0.25, 0.3) is 0 Å². The first-order chi connectivity index (χ1) is 13.5. The maximum absolute atomic E-state index is 12.7. The van der Waals surface area contributed by atoms with Crippen LogP contribution in [0.1, 0.15) is 24.0 Å². The number of piperidine rings is 1. The molecule has 2 aliphatic heterocycles. The molecule has 0 saturated carbocycles. The number of hydrogen-bond acceptors (Lipinski definition) is 4. The van der Waals surface area contributed by atoms with Crippen LogP contribution in [0.15, 0.2) is 41.3 Å². The van der Waals surface area contributed by atoms with Crippen molar-refractivity contribution in [1.82, 2.24) is 4.90 Å². The lowest BCUT2D eigenvalue weighted by molar-refractivity contribution is -0.122. The van der Waals surface area contributed by atoms with E-state index in [1.54, 1.807) is 11.8 Å². The largest absolute Gasteiger partial charge is 0.492 e. The molecule has 1 saturated heterocycles. The number of nitrogens with one attached hydrogen (secondary N) is 1. The lowest BCUT2D eigenvalue weighted by Gasteiger charge is -2.38. The van der Waals surface area contributed by atoms with E-state index in [-0.39, 0.29) is 5.91 Å². The van der Waals surface area contributed by atoms with Gasteiger partial charge in [0.2, 0.25) is 5.91 Å². The number of aryl methyl sites for hydroxylation is 1. The maximum atomic E-state index is 12.7. The van der Waals surface area contributed by atoms with E-state index < -0.39 is 5.41 Å². The number of thioether (sulfide) groups is 1. The predicted molar refractivity (Wildman–Crippen MR) is 116 cm³/mol. The highest BCUT2D eigenvalue weighted by Crippen LogP contribution is 2.45. The van der Waals surface area contributed by atoms with Crippen LogP contribution >= 0.6 is 23.4 Å². The molecule has 0 radical (unpaired) electrons. The van der Waals surface area contributed by atoms with Crippen LogP contribution in [0.2, 0.25) is 5.02 Å². The molecule has 4 nitrogen and oxygen atoms in total. The number of amides is 1. The Morgan fingerprint density at radius 1 is 1.21 bits per heavy atom. The summed E-state index contributed by atoms with van der Waals surface area (Å²) in [7, 11) is 0. The van der Waals surface area contributed by atoms with Gasteiger partial charge in [-0.25, -0.2) is 0 Å². The van der Waals surface area contributed by atoms with Gasteiger partial charge in [0.1, 0.15) is 12.4 Å². The average Bonchev–Trinajstić information content (AvgIpc) is 2.95. The Labute approximate surface area is 175 Å². The topological polar surface area (TPSA) is 41.6 Å². The number of fused-ring (bicyclic) bond motifs is 2. The van der Waals surface area contributed by atoms with E-state index >= 15 is 0 Å². The van der Waals surface area contributed by atoms with E-state index in [4.69, 9.17) is 16.3 Å². The number of carbonyl (C=O) groups excluding carboxylic acids is 1. The fourth-order valence-electron chi connectivity index (χ4n) is 4.27. The molecule has 2 heterocycles. The van der Waals surface area contributed by atoms with Crippen LogP contribution in [0, 0.1) is 6.92 Å². The zero-order valence-corrected chi connectivity index (χ0v) is 17.8. The van der Waals surface area contributed by atoms with Gasteiger partial charge in [-0.3, -0.25) is 9.69 Å². The summed E-state index contributed by atoms with van der Waals surface area (Å²) >= 11 is 7.94. The first kappa shape index (κ1) is 19.6. The molecule has 0 aliphatic carbocycles. The van der Waals surface area contributed by atoms with Gasteiger partial charge in [0, 0.05) is 22.2 Å². The number of nitrogens with zero attached hydrogens (tertiary/aromatic N) is 1. The van der Waals surface area contributed by atoms with Gasteiger partial charge in [0.05, 0.1) is 5.41 Å². The second-order valence-corrected chi connectivity index (χ2v) is 8.83. The smallest absolute Gasteiger partial charge is 0.235 e. The first-order valence-corrected chi connectivity index (χ1v) is 11.2. The molecule has 2 aliphatic rings. The van der Waals surface area contributed by atoms with Crippen molar-refractivity contribution in [2.24, 2.45) is 0 Å². The molecule has 0 atom stereocenters. The molecular weight excluding hydrogens is 392 g/mol. The van der Waals surface area contributed by atoms with E-state index in [2.05, 4.69) is 35.5 Å². The fraction of sp³-hybridized carbons (Fsp3) is 0.409. The number of carbonyl (C=O) groups is 1. The second-order valence-electron chi connectivity index (χ2n) is 7.55. The lowest BCUT2D eigenvalue weighted by Crippen LogP contribution is -2.47. The van der Waals surface area contributed by atoms with E-state index in [9.17, 15) is 4.79 Å². The number of ether oxygens (including phenoxy) is 1. The molecule has 4 rings (SSSR count). The van der Waals surface area contributed by atoms with Gasteiger partial charge in [-0.05, 0) is 86.6 Å². The summed E-state index contributed by atoms with van der Waals surface area (Å²) in [5.41, 5.74) is 2.79. The Morgan fingerprint density at radius 2 is 2.00 bits per heavy atom. The summed E-state index contributed by atoms with van der Waals surface area (Å²) in [5, 5.41) is 3.72. The Hall–Kier alpha value is -1.69. The van der Waals surface area contributed by atoms with E-state index in [0.29, 0.717) is 11.6 Å². The summed E-state index contributed by atoms with van der Waals surface area (Å²) in [4.78, 5) is 16.4. The van der Waals surface area contributed by atoms with Crippen molar-refractivity contribution in [3.8, 4) is 5.75 Å². The highest BCUT2D eigenvalue weighted by atomic mass is 35.5. The zero-order valence-electron chi connectivity index (χ0n) is 16.3. The molecule has 1 spiro atoms. The summed E-state index contributed by atoms with van der Waals surface area (Å²) in [6, 6.07) is 11.9. The molecule has 0 bridgehead atoms. The summed E-state index contributed by atoms with van der Waals surface area (Å²) < 4.78 is 5.95. The van der Waals surface area contributed by atoms with E-state index in [1.165, 1.54) is 10.5 Å². The van der Waals surface area contributed by atoms with Gasteiger partial charge >= 0.3 is 0 Å². The van der Waals surface area contributed by atoms with Crippen molar-refractivity contribution in [3.63, 3.8) is 0 Å². The molecule has 28 heavy (non-hydrogen) atoms. The summed E-state index contributed by atoms with van der Waals surface area (Å²) in [5.74, 6) is 1.03. The van der Waals surface area contributed by atoms with Crippen LogP contribution in [-0.4, -0.2) is 43.3 Å². The van der Waals surface area contributed by atoms with Crippen LogP contribution in [0.3, 0.4) is 0 Å². The lowest BCUT2D eigenvalue weighted by atomic mass is 9.73. The molecule has 1 amide bonds. The van der Waals surface area contributed by atoms with Crippen molar-refractivity contribution in [1.29, 1.82) is 0 Å². The molecule has 148 valence electrons. The first-order valence-electron chi connectivity index (χ1n) is 9.63. The number of anilines is 1.